The maximum atomic E-state index is 14.5. The number of carbonyl (C=O) groups excluding carboxylic acids is 4. The molecule has 2 fully saturated rings. The molecule has 0 radical (unpaired) electrons. The van der Waals surface area contributed by atoms with Crippen molar-refractivity contribution in [2.24, 2.45) is 0 Å². The highest BCUT2D eigenvalue weighted by Crippen LogP contribution is 2.35. The smallest absolute Gasteiger partial charge is 0.338 e. The lowest BCUT2D eigenvalue weighted by molar-refractivity contribution is -0.344. The van der Waals surface area contributed by atoms with E-state index in [0.717, 1.165) is 55.2 Å². The van der Waals surface area contributed by atoms with Crippen LogP contribution in [0.15, 0.2) is 212 Å². The molecule has 15 heteroatoms. The van der Waals surface area contributed by atoms with Gasteiger partial charge in [0, 0.05) is 6.61 Å². The van der Waals surface area contributed by atoms with Crippen LogP contribution in [0.4, 0.5) is 0 Å². The molecule has 10 atom stereocenters. The van der Waals surface area contributed by atoms with Gasteiger partial charge in [-0.25, -0.2) is 19.2 Å². The van der Waals surface area contributed by atoms with Crippen molar-refractivity contribution in [3.63, 3.8) is 0 Å². The van der Waals surface area contributed by atoms with Gasteiger partial charge in [0.25, 0.3) is 0 Å². The molecule has 0 N–H and O–H groups in total. The van der Waals surface area contributed by atoms with Crippen LogP contribution in [0.1, 0.15) is 104 Å². The fraction of sp³-hybridized carbons (Fsp3) is 0.333. The molecule has 2 heterocycles. The average Bonchev–Trinajstić information content (AvgIpc) is 3.48. The normalized spacial score (nSPS) is 22.1. The monoisotopic (exact) mass is 1140 g/mol. The number of hydrogen-bond acceptors (Lipinski definition) is 15. The van der Waals surface area contributed by atoms with Gasteiger partial charge in [-0.1, -0.05) is 203 Å². The Balaban J connectivity index is 1.11. The Kier molecular flexibility index (Phi) is 23.3. The van der Waals surface area contributed by atoms with E-state index in [1.807, 2.05) is 91.0 Å². The lowest BCUT2D eigenvalue weighted by Crippen LogP contribution is -2.64. The van der Waals surface area contributed by atoms with E-state index in [1.165, 1.54) is 0 Å². The predicted octanol–water partition coefficient (Wildman–Crippen LogP) is 12.1. The summed E-state index contributed by atoms with van der Waals surface area (Å²) in [4.78, 5) is 56.9. The molecule has 9 rings (SSSR count). The van der Waals surface area contributed by atoms with E-state index in [0.29, 0.717) is 6.61 Å². The highest BCUT2D eigenvalue weighted by Gasteiger charge is 2.55. The third-order valence-corrected chi connectivity index (χ3v) is 14.4. The zero-order valence-corrected chi connectivity index (χ0v) is 47.1. The molecule has 15 nitrogen and oxygen atoms in total. The van der Waals surface area contributed by atoms with Crippen molar-refractivity contribution in [3.05, 3.63) is 251 Å². The van der Waals surface area contributed by atoms with Crippen LogP contribution in [0.5, 0.6) is 0 Å². The van der Waals surface area contributed by atoms with E-state index in [2.05, 4.69) is 6.92 Å². The molecule has 2 saturated heterocycles. The third-order valence-electron chi connectivity index (χ3n) is 14.4. The highest BCUT2D eigenvalue weighted by atomic mass is 16.8. The molecule has 7 aromatic carbocycles. The van der Waals surface area contributed by atoms with Gasteiger partial charge in [0.05, 0.1) is 48.7 Å². The van der Waals surface area contributed by atoms with Crippen LogP contribution >= 0.6 is 0 Å². The van der Waals surface area contributed by atoms with Crippen molar-refractivity contribution >= 4 is 23.9 Å². The lowest BCUT2D eigenvalue weighted by atomic mass is 9.96. The molecule has 0 unspecified atom stereocenters. The van der Waals surface area contributed by atoms with E-state index < -0.39 is 91.9 Å². The van der Waals surface area contributed by atoms with Gasteiger partial charge in [0.2, 0.25) is 0 Å². The van der Waals surface area contributed by atoms with Gasteiger partial charge in [-0.05, 0) is 71.6 Å². The van der Waals surface area contributed by atoms with Gasteiger partial charge >= 0.3 is 23.9 Å². The van der Waals surface area contributed by atoms with Gasteiger partial charge in [0.15, 0.2) is 30.9 Å². The van der Waals surface area contributed by atoms with Crippen LogP contribution in [0.2, 0.25) is 0 Å². The number of rotatable bonds is 29. The first-order valence-electron chi connectivity index (χ1n) is 28.8. The van der Waals surface area contributed by atoms with Crippen LogP contribution in [-0.2, 0) is 71.9 Å². The van der Waals surface area contributed by atoms with Crippen molar-refractivity contribution in [2.45, 2.75) is 127 Å². The van der Waals surface area contributed by atoms with Crippen molar-refractivity contribution in [2.75, 3.05) is 19.8 Å². The molecule has 0 saturated carbocycles. The molecule has 0 amide bonds. The lowest BCUT2D eigenvalue weighted by Gasteiger charge is -2.47. The first-order chi connectivity index (χ1) is 41.3. The van der Waals surface area contributed by atoms with Crippen molar-refractivity contribution < 1.29 is 71.3 Å². The minimum absolute atomic E-state index is 0.128. The molecule has 0 bridgehead atoms. The second-order valence-corrected chi connectivity index (χ2v) is 20.5. The van der Waals surface area contributed by atoms with Crippen LogP contribution in [0.25, 0.3) is 0 Å². The summed E-state index contributed by atoms with van der Waals surface area (Å²) in [7, 11) is 0. The zero-order valence-electron chi connectivity index (χ0n) is 47.1. The minimum atomic E-state index is -1.67. The van der Waals surface area contributed by atoms with Crippen LogP contribution in [0, 0.1) is 0 Å². The van der Waals surface area contributed by atoms with Gasteiger partial charge in [-0.3, -0.25) is 0 Å². The number of carbonyl (C=O) groups is 4. The van der Waals surface area contributed by atoms with Gasteiger partial charge in [-0.2, -0.15) is 0 Å². The average molecular weight is 1140 g/mol. The van der Waals surface area contributed by atoms with E-state index in [9.17, 15) is 19.2 Å². The van der Waals surface area contributed by atoms with Gasteiger partial charge < -0.3 is 52.1 Å². The second kappa shape index (κ2) is 32.3. The SMILES string of the molecule is CCCCCCCCO[C@H]1O[C@H](CO[C@H]2O[C@H](COC(=O)c3ccccc3)[C@@H](OC(=O)c3ccccc3)[C@H](OC(=O)c3ccccc3)[C@@H]2OC(=O)c2ccccc2)[C@@H](OCc2ccccc2)[C@H](OCc2ccccc2)[C@H]1OCc1ccccc1. The third kappa shape index (κ3) is 17.6. The molecule has 0 aliphatic carbocycles. The molecular formula is C69H72O15. The Morgan fingerprint density at radius 3 is 1.15 bits per heavy atom. The van der Waals surface area contributed by atoms with Crippen molar-refractivity contribution in [3.8, 4) is 0 Å². The summed E-state index contributed by atoms with van der Waals surface area (Å²) in [6.07, 6.45) is -6.51. The largest absolute Gasteiger partial charge is 0.459 e. The summed E-state index contributed by atoms with van der Waals surface area (Å²) in [6.45, 7) is 2.14. The summed E-state index contributed by atoms with van der Waals surface area (Å²) in [5, 5.41) is 0. The first kappa shape index (κ1) is 60.7. The Morgan fingerprint density at radius 2 is 0.690 bits per heavy atom. The zero-order chi connectivity index (χ0) is 58.1. The molecule has 84 heavy (non-hydrogen) atoms. The topological polar surface area (TPSA) is 170 Å². The summed E-state index contributed by atoms with van der Waals surface area (Å²) in [5.41, 5.74) is 3.38. The van der Waals surface area contributed by atoms with Crippen LogP contribution in [0.3, 0.4) is 0 Å². The van der Waals surface area contributed by atoms with E-state index in [-0.39, 0.29) is 48.7 Å². The maximum Gasteiger partial charge on any atom is 0.338 e. The fourth-order valence-corrected chi connectivity index (χ4v) is 9.95. The minimum Gasteiger partial charge on any atom is -0.459 e. The summed E-state index contributed by atoms with van der Waals surface area (Å²) in [5.74, 6) is -3.23. The molecular weight excluding hydrogens is 1070 g/mol. The van der Waals surface area contributed by atoms with E-state index in [4.69, 9.17) is 52.1 Å². The van der Waals surface area contributed by atoms with Crippen LogP contribution in [-0.4, -0.2) is 105 Å². The standard InChI is InChI=1S/C69H72O15/c1-2-3-4-5-6-28-43-74-68-62(77-46-51-33-18-9-19-34-51)60(76-45-50-31-16-8-17-32-50)58(75-44-49-29-14-7-15-30-49)56(80-68)48-79-69-63(84-67(73)55-41-26-13-27-42-55)61(83-66(72)54-39-24-12-25-40-54)59(82-65(71)53-37-22-11-23-38-53)57(81-69)47-78-64(70)52-35-20-10-21-36-52/h7-27,29-42,56-63,68-69H,2-6,28,43-48H2,1H3/t56-,57-,58-,59-,60+,61+,62-,63+,68+,69+/m1/s1. The molecule has 438 valence electrons. The maximum absolute atomic E-state index is 14.5. The molecule has 2 aliphatic rings. The number of esters is 4. The Labute approximate surface area is 491 Å². The molecule has 2 aliphatic heterocycles. The number of hydrogen-bond donors (Lipinski definition) is 0. The molecule has 0 aromatic heterocycles. The van der Waals surface area contributed by atoms with Gasteiger partial charge in [0.1, 0.15) is 37.1 Å². The summed E-state index contributed by atoms with van der Waals surface area (Å²) in [6, 6.07) is 62.1. The Bertz CT molecular complexity index is 3050. The number of ether oxygens (including phenoxy) is 11. The highest BCUT2D eigenvalue weighted by molar-refractivity contribution is 5.91. The quantitative estimate of drug-likeness (QED) is 0.0246. The number of unbranched alkanes of at least 4 members (excludes halogenated alkanes) is 5. The summed E-state index contributed by atoms with van der Waals surface area (Å²) >= 11 is 0. The summed E-state index contributed by atoms with van der Waals surface area (Å²) < 4.78 is 73.3. The van der Waals surface area contributed by atoms with Crippen molar-refractivity contribution in [1.29, 1.82) is 0 Å². The predicted molar refractivity (Wildman–Crippen MR) is 311 cm³/mol. The van der Waals surface area contributed by atoms with Crippen LogP contribution < -0.4 is 0 Å². The van der Waals surface area contributed by atoms with Gasteiger partial charge in [-0.15, -0.1) is 0 Å². The van der Waals surface area contributed by atoms with E-state index in [1.54, 1.807) is 121 Å². The fourth-order valence-electron chi connectivity index (χ4n) is 9.95. The second-order valence-electron chi connectivity index (χ2n) is 20.5. The number of benzene rings is 7. The van der Waals surface area contributed by atoms with Crippen molar-refractivity contribution in [1.82, 2.24) is 0 Å². The Hall–Kier alpha value is -7.86. The molecule has 7 aromatic rings. The molecule has 0 spiro atoms. The first-order valence-corrected chi connectivity index (χ1v) is 28.8. The Morgan fingerprint density at radius 1 is 0.333 bits per heavy atom. The van der Waals surface area contributed by atoms with E-state index >= 15 is 0 Å².